The Kier molecular flexibility index (Phi) is 6.56. The van der Waals surface area contributed by atoms with Crippen LogP contribution < -0.4 is 10.6 Å². The van der Waals surface area contributed by atoms with Crippen molar-refractivity contribution in [2.75, 3.05) is 19.0 Å². The first-order chi connectivity index (χ1) is 12.8. The van der Waals surface area contributed by atoms with Gasteiger partial charge < -0.3 is 15.4 Å². The van der Waals surface area contributed by atoms with Crippen LogP contribution in [0.5, 0.6) is 0 Å². The summed E-state index contributed by atoms with van der Waals surface area (Å²) in [5.74, 6) is -2.08. The molecule has 27 heavy (non-hydrogen) atoms. The maximum Gasteiger partial charge on any atom is 0.314 e. The Labute approximate surface area is 157 Å². The Balaban J connectivity index is 2.20. The molecule has 0 radical (unpaired) electrons. The van der Waals surface area contributed by atoms with Crippen molar-refractivity contribution in [3.8, 4) is 0 Å². The Morgan fingerprint density at radius 1 is 1.30 bits per heavy atom. The van der Waals surface area contributed by atoms with Gasteiger partial charge in [0, 0.05) is 24.9 Å². The normalized spacial score (nSPS) is 17.8. The van der Waals surface area contributed by atoms with Crippen LogP contribution in [0.15, 0.2) is 16.1 Å². The molecule has 0 bridgehead atoms. The van der Waals surface area contributed by atoms with Crippen molar-refractivity contribution in [1.29, 1.82) is 0 Å². The summed E-state index contributed by atoms with van der Waals surface area (Å²) < 4.78 is 6.16. The Morgan fingerprint density at radius 3 is 2.59 bits per heavy atom. The molecule has 2 rings (SSSR count). The number of rotatable bonds is 5. The van der Waals surface area contributed by atoms with Gasteiger partial charge >= 0.3 is 11.8 Å². The van der Waals surface area contributed by atoms with Crippen molar-refractivity contribution in [3.63, 3.8) is 0 Å². The number of methoxy groups -OCH3 is 1. The molecule has 1 aromatic rings. The van der Waals surface area contributed by atoms with Gasteiger partial charge in [0.25, 0.3) is 11.9 Å². The van der Waals surface area contributed by atoms with E-state index in [1.165, 1.54) is 11.8 Å². The number of hydrogen-bond donors (Lipinski definition) is 2. The molecule has 10 nitrogen and oxygen atoms in total. The third kappa shape index (κ3) is 4.85. The number of carbonyl (C=O) groups is 3. The number of hydrogen-bond acceptors (Lipinski definition) is 6. The average molecular weight is 376 g/mol. The second-order valence-corrected chi connectivity index (χ2v) is 6.33. The zero-order valence-corrected chi connectivity index (χ0v) is 16.1. The van der Waals surface area contributed by atoms with E-state index >= 15 is 0 Å². The van der Waals surface area contributed by atoms with Gasteiger partial charge in [0.2, 0.25) is 0 Å². The molecule has 1 aromatic heterocycles. The lowest BCUT2D eigenvalue weighted by Crippen LogP contribution is -2.42. The summed E-state index contributed by atoms with van der Waals surface area (Å²) in [6.45, 7) is 7.34. The quantitative estimate of drug-likeness (QED) is 0.724. The van der Waals surface area contributed by atoms with E-state index in [4.69, 9.17) is 4.74 Å². The molecule has 2 unspecified atom stereocenters. The minimum Gasteiger partial charge on any atom is -0.383 e. The fourth-order valence-corrected chi connectivity index (χ4v) is 2.68. The van der Waals surface area contributed by atoms with E-state index in [1.807, 2.05) is 6.92 Å². The number of amides is 3. The highest BCUT2D eigenvalue weighted by atomic mass is 16.5. The SMILES string of the molecule is CCC1C(=O)N=C(n2nc(C)cc2NC(=O)C(=O)NC(C)COC)N=C1C. The molecule has 0 aromatic carbocycles. The number of nitrogens with zero attached hydrogens (tertiary/aromatic N) is 4. The maximum absolute atomic E-state index is 12.2. The number of nitrogens with one attached hydrogen (secondary N) is 2. The molecule has 10 heteroatoms. The second-order valence-electron chi connectivity index (χ2n) is 6.33. The van der Waals surface area contributed by atoms with Gasteiger partial charge in [0.05, 0.1) is 18.2 Å². The molecular formula is C17H24N6O4. The first kappa shape index (κ1) is 20.4. The summed E-state index contributed by atoms with van der Waals surface area (Å²) in [5, 5.41) is 9.21. The molecule has 0 aliphatic carbocycles. The van der Waals surface area contributed by atoms with E-state index in [0.29, 0.717) is 17.8 Å². The zero-order valence-electron chi connectivity index (χ0n) is 16.1. The van der Waals surface area contributed by atoms with Gasteiger partial charge in [-0.25, -0.2) is 4.99 Å². The van der Waals surface area contributed by atoms with Crippen LogP contribution in [-0.4, -0.2) is 58.9 Å². The van der Waals surface area contributed by atoms with Gasteiger partial charge in [-0.2, -0.15) is 14.8 Å². The standard InChI is InChI=1S/C17H24N6O4/c1-6-12-11(4)19-17(21-14(12)24)23-13(7-9(2)22-23)20-16(26)15(25)18-10(3)8-27-5/h7,10,12H,6,8H2,1-5H3,(H,18,25)(H,20,26). The lowest BCUT2D eigenvalue weighted by molar-refractivity contribution is -0.136. The van der Waals surface area contributed by atoms with Crippen LogP contribution in [0.1, 0.15) is 32.9 Å². The number of aromatic nitrogens is 2. The lowest BCUT2D eigenvalue weighted by Gasteiger charge is -2.17. The summed E-state index contributed by atoms with van der Waals surface area (Å²) in [6.07, 6.45) is 0.604. The van der Waals surface area contributed by atoms with Crippen LogP contribution in [0.2, 0.25) is 0 Å². The third-order valence-electron chi connectivity index (χ3n) is 3.96. The highest BCUT2D eigenvalue weighted by Crippen LogP contribution is 2.17. The van der Waals surface area contributed by atoms with Gasteiger partial charge in [0.15, 0.2) is 0 Å². The second kappa shape index (κ2) is 8.67. The predicted molar refractivity (Wildman–Crippen MR) is 99.8 cm³/mol. The van der Waals surface area contributed by atoms with Crippen molar-refractivity contribution in [2.24, 2.45) is 15.9 Å². The van der Waals surface area contributed by atoms with Gasteiger partial charge in [-0.1, -0.05) is 6.92 Å². The van der Waals surface area contributed by atoms with Crippen LogP contribution in [-0.2, 0) is 19.1 Å². The number of carbonyl (C=O) groups excluding carboxylic acids is 3. The summed E-state index contributed by atoms with van der Waals surface area (Å²) in [5.41, 5.74) is 1.20. The third-order valence-corrected chi connectivity index (χ3v) is 3.96. The first-order valence-electron chi connectivity index (χ1n) is 8.62. The molecule has 0 fully saturated rings. The Morgan fingerprint density at radius 2 is 2.00 bits per heavy atom. The van der Waals surface area contributed by atoms with E-state index in [1.54, 1.807) is 26.8 Å². The molecule has 1 aliphatic rings. The lowest BCUT2D eigenvalue weighted by atomic mass is 10.00. The van der Waals surface area contributed by atoms with Crippen LogP contribution in [0.25, 0.3) is 0 Å². The summed E-state index contributed by atoms with van der Waals surface area (Å²) in [7, 11) is 1.50. The van der Waals surface area contributed by atoms with Crippen molar-refractivity contribution in [2.45, 2.75) is 40.2 Å². The summed E-state index contributed by atoms with van der Waals surface area (Å²) in [4.78, 5) is 44.7. The fraction of sp³-hybridized carbons (Fsp3) is 0.529. The zero-order chi connectivity index (χ0) is 20.1. The molecule has 0 saturated carbocycles. The highest BCUT2D eigenvalue weighted by molar-refractivity contribution is 6.39. The molecule has 2 N–H and O–H groups in total. The van der Waals surface area contributed by atoms with Crippen molar-refractivity contribution in [1.82, 2.24) is 15.1 Å². The largest absolute Gasteiger partial charge is 0.383 e. The van der Waals surface area contributed by atoms with Crippen LogP contribution >= 0.6 is 0 Å². The minimum atomic E-state index is -0.867. The molecular weight excluding hydrogens is 352 g/mol. The van der Waals surface area contributed by atoms with Crippen LogP contribution in [0.3, 0.4) is 0 Å². The predicted octanol–water partition coefficient (Wildman–Crippen LogP) is 0.513. The maximum atomic E-state index is 12.2. The molecule has 146 valence electrons. The van der Waals surface area contributed by atoms with E-state index in [9.17, 15) is 14.4 Å². The van der Waals surface area contributed by atoms with Crippen molar-refractivity contribution >= 4 is 35.2 Å². The fourth-order valence-electron chi connectivity index (χ4n) is 2.68. The van der Waals surface area contributed by atoms with Crippen molar-refractivity contribution in [3.05, 3.63) is 11.8 Å². The molecule has 2 heterocycles. The summed E-state index contributed by atoms with van der Waals surface area (Å²) >= 11 is 0. The van der Waals surface area contributed by atoms with Gasteiger partial charge in [0.1, 0.15) is 5.82 Å². The van der Waals surface area contributed by atoms with Gasteiger partial charge in [-0.05, 0) is 27.2 Å². The smallest absolute Gasteiger partial charge is 0.314 e. The van der Waals surface area contributed by atoms with E-state index in [0.717, 1.165) is 0 Å². The monoisotopic (exact) mass is 376 g/mol. The number of aliphatic imine (C=N–C) groups is 2. The average Bonchev–Trinajstić information content (AvgIpc) is 2.95. The number of ether oxygens (including phenoxy) is 1. The number of aryl methyl sites for hydroxylation is 1. The van der Waals surface area contributed by atoms with E-state index in [2.05, 4.69) is 25.7 Å². The Hall–Kier alpha value is -2.88. The first-order valence-corrected chi connectivity index (χ1v) is 8.62. The number of anilines is 1. The minimum absolute atomic E-state index is 0.0544. The molecule has 0 saturated heterocycles. The summed E-state index contributed by atoms with van der Waals surface area (Å²) in [6, 6.07) is 1.24. The molecule has 0 spiro atoms. The van der Waals surface area contributed by atoms with E-state index in [-0.39, 0.29) is 36.3 Å². The van der Waals surface area contributed by atoms with E-state index < -0.39 is 11.8 Å². The molecule has 1 aliphatic heterocycles. The van der Waals surface area contributed by atoms with Gasteiger partial charge in [-0.15, -0.1) is 0 Å². The van der Waals surface area contributed by atoms with Crippen LogP contribution in [0.4, 0.5) is 5.82 Å². The highest BCUT2D eigenvalue weighted by Gasteiger charge is 2.27. The topological polar surface area (TPSA) is 127 Å². The van der Waals surface area contributed by atoms with Crippen LogP contribution in [0, 0.1) is 12.8 Å². The molecule has 2 atom stereocenters. The molecule has 3 amide bonds. The van der Waals surface area contributed by atoms with Crippen molar-refractivity contribution < 1.29 is 19.1 Å². The van der Waals surface area contributed by atoms with Gasteiger partial charge in [-0.3, -0.25) is 14.4 Å². The Bertz CT molecular complexity index is 810.